The third-order valence-corrected chi connectivity index (χ3v) is 9.93. The Labute approximate surface area is 287 Å². The second-order valence-electron chi connectivity index (χ2n) is 10.6. The van der Waals surface area contributed by atoms with Crippen molar-refractivity contribution in [3.63, 3.8) is 0 Å². The highest BCUT2D eigenvalue weighted by molar-refractivity contribution is 9.13. The second-order valence-corrected chi connectivity index (χ2v) is 13.1. The van der Waals surface area contributed by atoms with Gasteiger partial charge in [0.05, 0.1) is 35.3 Å². The number of para-hydroxylation sites is 1. The van der Waals surface area contributed by atoms with Gasteiger partial charge in [-0.3, -0.25) is 4.79 Å². The average Bonchev–Trinajstić information content (AvgIpc) is 3.02. The highest BCUT2D eigenvalue weighted by Gasteiger charge is 2.20. The van der Waals surface area contributed by atoms with E-state index in [1.807, 2.05) is 68.4 Å². The third kappa shape index (κ3) is 7.03. The SMILES string of the molecule is CCOc1cc(C)c(-c2nc3ccccc3c(=O)n2N=Cc2cc(OC)c(OCc3ccc(Br)cc3)c(Br)c2Br)cc1C(C)C. The molecule has 0 spiro atoms. The van der Waals surface area contributed by atoms with Gasteiger partial charge in [-0.15, -0.1) is 0 Å². The Morgan fingerprint density at radius 3 is 2.38 bits per heavy atom. The Morgan fingerprint density at radius 2 is 1.69 bits per heavy atom. The van der Waals surface area contributed by atoms with Gasteiger partial charge in [-0.25, -0.2) is 4.98 Å². The van der Waals surface area contributed by atoms with Crippen LogP contribution >= 0.6 is 47.8 Å². The van der Waals surface area contributed by atoms with E-state index < -0.39 is 0 Å². The minimum atomic E-state index is -0.275. The van der Waals surface area contributed by atoms with Crippen LogP contribution in [0.15, 0.2) is 90.0 Å². The summed E-state index contributed by atoms with van der Waals surface area (Å²) in [6, 6.07) is 21.1. The molecule has 0 saturated heterocycles. The van der Waals surface area contributed by atoms with Crippen LogP contribution in [0.1, 0.15) is 48.9 Å². The summed E-state index contributed by atoms with van der Waals surface area (Å²) < 4.78 is 21.5. The zero-order valence-electron chi connectivity index (χ0n) is 25.5. The van der Waals surface area contributed by atoms with Crippen molar-refractivity contribution < 1.29 is 14.2 Å². The van der Waals surface area contributed by atoms with E-state index in [4.69, 9.17) is 24.3 Å². The molecule has 0 N–H and O–H groups in total. The molecule has 0 saturated carbocycles. The first-order chi connectivity index (χ1) is 21.6. The number of nitrogens with zero attached hydrogens (tertiary/aromatic N) is 3. The lowest BCUT2D eigenvalue weighted by atomic mass is 9.96. The zero-order valence-corrected chi connectivity index (χ0v) is 30.3. The van der Waals surface area contributed by atoms with Crippen LogP contribution < -0.4 is 19.8 Å². The van der Waals surface area contributed by atoms with Crippen LogP contribution in [-0.4, -0.2) is 29.6 Å². The fourth-order valence-electron chi connectivity index (χ4n) is 4.92. The Morgan fingerprint density at radius 1 is 0.956 bits per heavy atom. The standard InChI is InChI=1S/C35H32Br3N3O4/c1-6-44-29-15-21(4)27(17-26(29)20(2)3)34-40-28-10-8-7-9-25(28)35(42)41(34)39-18-23-16-30(43-5)33(32(38)31(23)37)45-19-22-11-13-24(36)14-12-22/h7-18,20H,6,19H2,1-5H3. The van der Waals surface area contributed by atoms with E-state index in [2.05, 4.69) is 67.7 Å². The summed E-state index contributed by atoms with van der Waals surface area (Å²) in [4.78, 5) is 18.9. The molecule has 0 aliphatic heterocycles. The second kappa shape index (κ2) is 14.3. The minimum Gasteiger partial charge on any atom is -0.494 e. The molecule has 0 radical (unpaired) electrons. The van der Waals surface area contributed by atoms with Crippen LogP contribution in [0.5, 0.6) is 17.2 Å². The Kier molecular flexibility index (Phi) is 10.5. The summed E-state index contributed by atoms with van der Waals surface area (Å²) in [7, 11) is 1.58. The Balaban J connectivity index is 1.62. The molecule has 1 heterocycles. The first-order valence-corrected chi connectivity index (χ1v) is 16.8. The molecular formula is C35H32Br3N3O4. The quantitative estimate of drug-likeness (QED) is 0.132. The van der Waals surface area contributed by atoms with Gasteiger partial charge in [0.15, 0.2) is 17.3 Å². The average molecular weight is 798 g/mol. The molecule has 7 nitrogen and oxygen atoms in total. The van der Waals surface area contributed by atoms with Crippen molar-refractivity contribution in [2.45, 2.75) is 40.2 Å². The van der Waals surface area contributed by atoms with E-state index in [1.165, 1.54) is 4.68 Å². The monoisotopic (exact) mass is 795 g/mol. The molecule has 0 fully saturated rings. The van der Waals surface area contributed by atoms with Crippen LogP contribution in [0, 0.1) is 6.92 Å². The summed E-state index contributed by atoms with van der Waals surface area (Å²) in [6.45, 7) is 9.10. The topological polar surface area (TPSA) is 74.9 Å². The molecular weight excluding hydrogens is 766 g/mol. The normalized spacial score (nSPS) is 11.5. The van der Waals surface area contributed by atoms with Crippen molar-refractivity contribution in [3.8, 4) is 28.6 Å². The van der Waals surface area contributed by atoms with Crippen molar-refractivity contribution in [2.24, 2.45) is 5.10 Å². The number of ether oxygens (including phenoxy) is 3. The van der Waals surface area contributed by atoms with E-state index in [0.29, 0.717) is 55.9 Å². The van der Waals surface area contributed by atoms with E-state index in [-0.39, 0.29) is 11.5 Å². The number of benzene rings is 4. The predicted molar refractivity (Wildman–Crippen MR) is 191 cm³/mol. The van der Waals surface area contributed by atoms with Gasteiger partial charge < -0.3 is 14.2 Å². The third-order valence-electron chi connectivity index (χ3n) is 7.26. The summed E-state index contributed by atoms with van der Waals surface area (Å²) in [6.07, 6.45) is 1.62. The van der Waals surface area contributed by atoms with Gasteiger partial charge in [0, 0.05) is 20.1 Å². The summed E-state index contributed by atoms with van der Waals surface area (Å²) in [5.41, 5.74) is 4.76. The molecule has 0 aliphatic carbocycles. The Hall–Kier alpha value is -3.47. The van der Waals surface area contributed by atoms with E-state index >= 15 is 0 Å². The largest absolute Gasteiger partial charge is 0.494 e. The van der Waals surface area contributed by atoms with Crippen LogP contribution in [0.2, 0.25) is 0 Å². The van der Waals surface area contributed by atoms with Crippen LogP contribution in [0.25, 0.3) is 22.3 Å². The molecule has 45 heavy (non-hydrogen) atoms. The zero-order chi connectivity index (χ0) is 32.2. The summed E-state index contributed by atoms with van der Waals surface area (Å²) >= 11 is 10.8. The van der Waals surface area contributed by atoms with Crippen molar-refractivity contribution >= 4 is 64.9 Å². The van der Waals surface area contributed by atoms with E-state index in [1.54, 1.807) is 19.4 Å². The van der Waals surface area contributed by atoms with Gasteiger partial charge in [0.2, 0.25) is 0 Å². The molecule has 0 atom stereocenters. The number of halogens is 3. The molecule has 232 valence electrons. The Bertz CT molecular complexity index is 1950. The first kappa shape index (κ1) is 32.9. The number of rotatable bonds is 10. The lowest BCUT2D eigenvalue weighted by Gasteiger charge is -2.18. The molecule has 5 rings (SSSR count). The van der Waals surface area contributed by atoms with Gasteiger partial charge >= 0.3 is 0 Å². The van der Waals surface area contributed by atoms with Gasteiger partial charge in [-0.1, -0.05) is 54.0 Å². The van der Waals surface area contributed by atoms with Crippen LogP contribution in [0.4, 0.5) is 0 Å². The first-order valence-electron chi connectivity index (χ1n) is 14.4. The fraction of sp³-hybridized carbons (Fsp3) is 0.229. The number of aryl methyl sites for hydroxylation is 1. The van der Waals surface area contributed by atoms with Gasteiger partial charge in [0.1, 0.15) is 12.4 Å². The minimum absolute atomic E-state index is 0.195. The number of fused-ring (bicyclic) bond motifs is 1. The maximum Gasteiger partial charge on any atom is 0.282 e. The highest BCUT2D eigenvalue weighted by Crippen LogP contribution is 2.43. The lowest BCUT2D eigenvalue weighted by Crippen LogP contribution is -2.21. The van der Waals surface area contributed by atoms with Crippen molar-refractivity contribution in [2.75, 3.05) is 13.7 Å². The van der Waals surface area contributed by atoms with Crippen LogP contribution in [-0.2, 0) is 6.61 Å². The van der Waals surface area contributed by atoms with Gasteiger partial charge in [-0.05, 0) is 111 Å². The summed E-state index contributed by atoms with van der Waals surface area (Å²) in [5, 5.41) is 5.19. The maximum atomic E-state index is 13.9. The molecule has 4 aromatic carbocycles. The smallest absolute Gasteiger partial charge is 0.282 e. The van der Waals surface area contributed by atoms with E-state index in [0.717, 1.165) is 32.5 Å². The molecule has 0 bridgehead atoms. The predicted octanol–water partition coefficient (Wildman–Crippen LogP) is 9.65. The molecule has 1 aromatic heterocycles. The number of aromatic nitrogens is 2. The number of hydrogen-bond acceptors (Lipinski definition) is 6. The fourth-order valence-corrected chi connectivity index (χ4v) is 6.12. The molecule has 0 unspecified atom stereocenters. The molecule has 0 amide bonds. The van der Waals surface area contributed by atoms with Gasteiger partial charge in [0.25, 0.3) is 5.56 Å². The van der Waals surface area contributed by atoms with Crippen LogP contribution in [0.3, 0.4) is 0 Å². The van der Waals surface area contributed by atoms with E-state index in [9.17, 15) is 4.79 Å². The van der Waals surface area contributed by atoms with Gasteiger partial charge in [-0.2, -0.15) is 9.78 Å². The molecule has 5 aromatic rings. The highest BCUT2D eigenvalue weighted by atomic mass is 79.9. The van der Waals surface area contributed by atoms with Crippen molar-refractivity contribution in [1.82, 2.24) is 9.66 Å². The number of methoxy groups -OCH3 is 1. The molecule has 10 heteroatoms. The number of hydrogen-bond donors (Lipinski definition) is 0. The van der Waals surface area contributed by atoms with Crippen molar-refractivity contribution in [3.05, 3.63) is 113 Å². The molecule has 0 aliphatic rings. The lowest BCUT2D eigenvalue weighted by molar-refractivity contribution is 0.282. The maximum absolute atomic E-state index is 13.9. The summed E-state index contributed by atoms with van der Waals surface area (Å²) in [5.74, 6) is 2.52. The van der Waals surface area contributed by atoms with Crippen molar-refractivity contribution in [1.29, 1.82) is 0 Å².